The molecule has 1 atom stereocenters. The van der Waals surface area contributed by atoms with Crippen molar-refractivity contribution in [3.8, 4) is 11.3 Å². The Morgan fingerprint density at radius 3 is 2.69 bits per heavy atom. The minimum atomic E-state index is -3.87. The molecule has 0 radical (unpaired) electrons. The number of non-ortho nitro benzene ring substituents is 1. The fraction of sp³-hybridized carbons (Fsp3) is 0.217. The SMILES string of the molecule is Cc1ccc([N+](=O)[O-])cc1-c1ccc(/C=N\NC(=O)[C@H]2CCCN2S(=O)(=O)c2ccc(Cl)cc2)o1. The Bertz CT molecular complexity index is 1400. The van der Waals surface area contributed by atoms with Crippen molar-refractivity contribution in [2.45, 2.75) is 30.7 Å². The number of halogens is 1. The fourth-order valence-corrected chi connectivity index (χ4v) is 5.60. The Balaban J connectivity index is 1.44. The third kappa shape index (κ3) is 5.26. The van der Waals surface area contributed by atoms with E-state index in [0.717, 1.165) is 9.87 Å². The lowest BCUT2D eigenvalue weighted by Crippen LogP contribution is -2.44. The summed E-state index contributed by atoms with van der Waals surface area (Å²) in [7, 11) is -3.87. The van der Waals surface area contributed by atoms with Crippen LogP contribution in [0.4, 0.5) is 5.69 Å². The van der Waals surface area contributed by atoms with Crippen molar-refractivity contribution in [3.63, 3.8) is 0 Å². The van der Waals surface area contributed by atoms with E-state index >= 15 is 0 Å². The predicted molar refractivity (Wildman–Crippen MR) is 130 cm³/mol. The standard InChI is InChI=1S/C23H21ClN4O6S/c1-15-4-7-17(28(30)31)13-20(15)22-11-8-18(34-22)14-25-26-23(29)21-3-2-12-27(21)35(32,33)19-9-5-16(24)6-10-19/h4-11,13-14,21H,2-3,12H2,1H3,(H,26,29)/b25-14-/t21-/m1/s1. The number of aryl methyl sites for hydroxylation is 1. The normalized spacial score (nSPS) is 16.6. The van der Waals surface area contributed by atoms with Gasteiger partial charge in [-0.1, -0.05) is 17.7 Å². The highest BCUT2D eigenvalue weighted by atomic mass is 35.5. The summed E-state index contributed by atoms with van der Waals surface area (Å²) in [5.41, 5.74) is 3.68. The van der Waals surface area contributed by atoms with E-state index in [-0.39, 0.29) is 17.1 Å². The number of rotatable bonds is 7. The molecule has 2 heterocycles. The molecule has 0 unspecified atom stereocenters. The van der Waals surface area contributed by atoms with Crippen LogP contribution < -0.4 is 5.43 Å². The van der Waals surface area contributed by atoms with E-state index in [0.29, 0.717) is 34.9 Å². The maximum Gasteiger partial charge on any atom is 0.270 e. The molecule has 0 aliphatic carbocycles. The average Bonchev–Trinajstić information content (AvgIpc) is 3.50. The number of carbonyl (C=O) groups excluding carboxylic acids is 1. The van der Waals surface area contributed by atoms with Crippen molar-refractivity contribution >= 4 is 39.4 Å². The van der Waals surface area contributed by atoms with Gasteiger partial charge in [0, 0.05) is 29.3 Å². The van der Waals surface area contributed by atoms with Gasteiger partial charge in [-0.25, -0.2) is 13.8 Å². The molecule has 1 amide bonds. The van der Waals surface area contributed by atoms with Gasteiger partial charge in [-0.3, -0.25) is 14.9 Å². The molecule has 0 bridgehead atoms. The largest absolute Gasteiger partial charge is 0.455 e. The van der Waals surface area contributed by atoms with E-state index in [4.69, 9.17) is 16.0 Å². The summed E-state index contributed by atoms with van der Waals surface area (Å²) in [6.45, 7) is 2.03. The molecule has 4 rings (SSSR count). The number of furan rings is 1. The van der Waals surface area contributed by atoms with Crippen LogP contribution in [-0.2, 0) is 14.8 Å². The fourth-order valence-electron chi connectivity index (χ4n) is 3.82. The number of nitrogens with zero attached hydrogens (tertiary/aromatic N) is 3. The Kier molecular flexibility index (Phi) is 7.01. The monoisotopic (exact) mass is 516 g/mol. The van der Waals surface area contributed by atoms with Crippen LogP contribution >= 0.6 is 11.6 Å². The molecule has 10 nitrogen and oxygen atoms in total. The van der Waals surface area contributed by atoms with Gasteiger partial charge in [0.15, 0.2) is 0 Å². The molecule has 2 aromatic carbocycles. The van der Waals surface area contributed by atoms with Crippen molar-refractivity contribution in [1.82, 2.24) is 9.73 Å². The van der Waals surface area contributed by atoms with Gasteiger partial charge in [0.05, 0.1) is 16.0 Å². The van der Waals surface area contributed by atoms with Crippen molar-refractivity contribution < 1.29 is 22.6 Å². The Morgan fingerprint density at radius 1 is 1.23 bits per heavy atom. The number of amides is 1. The first kappa shape index (κ1) is 24.6. The molecule has 0 spiro atoms. The van der Waals surface area contributed by atoms with Crippen LogP contribution in [0.1, 0.15) is 24.2 Å². The molecule has 1 saturated heterocycles. The van der Waals surface area contributed by atoms with Crippen LogP contribution in [0.5, 0.6) is 0 Å². The van der Waals surface area contributed by atoms with Crippen molar-refractivity contribution in [1.29, 1.82) is 0 Å². The summed E-state index contributed by atoms with van der Waals surface area (Å²) in [6.07, 6.45) is 2.19. The number of nitro groups is 1. The average molecular weight is 517 g/mol. The lowest BCUT2D eigenvalue weighted by atomic mass is 10.1. The van der Waals surface area contributed by atoms with Gasteiger partial charge in [-0.05, 0) is 61.7 Å². The van der Waals surface area contributed by atoms with Crippen molar-refractivity contribution in [2.75, 3.05) is 6.54 Å². The van der Waals surface area contributed by atoms with E-state index in [9.17, 15) is 23.3 Å². The molecular weight excluding hydrogens is 496 g/mol. The van der Waals surface area contributed by atoms with E-state index < -0.39 is 26.9 Å². The van der Waals surface area contributed by atoms with Gasteiger partial charge in [-0.15, -0.1) is 0 Å². The zero-order chi connectivity index (χ0) is 25.2. The van der Waals surface area contributed by atoms with Gasteiger partial charge < -0.3 is 4.42 Å². The smallest absolute Gasteiger partial charge is 0.270 e. The highest BCUT2D eigenvalue weighted by Gasteiger charge is 2.39. The van der Waals surface area contributed by atoms with Gasteiger partial charge >= 0.3 is 0 Å². The second kappa shape index (κ2) is 9.98. The minimum absolute atomic E-state index is 0.0563. The van der Waals surface area contributed by atoms with Crippen LogP contribution in [0, 0.1) is 17.0 Å². The van der Waals surface area contributed by atoms with Crippen LogP contribution in [0.2, 0.25) is 5.02 Å². The number of nitro benzene ring substituents is 1. The molecule has 3 aromatic rings. The number of nitrogens with one attached hydrogen (secondary N) is 1. The van der Waals surface area contributed by atoms with Gasteiger partial charge in [-0.2, -0.15) is 9.41 Å². The molecule has 1 fully saturated rings. The first-order valence-corrected chi connectivity index (χ1v) is 12.4. The Labute approximate surface area is 206 Å². The maximum absolute atomic E-state index is 13.0. The van der Waals surface area contributed by atoms with Gasteiger partial charge in [0.25, 0.3) is 11.6 Å². The quantitative estimate of drug-likeness (QED) is 0.285. The number of hydrogen-bond acceptors (Lipinski definition) is 7. The maximum atomic E-state index is 13.0. The summed E-state index contributed by atoms with van der Waals surface area (Å²) in [5.74, 6) is 0.163. The second-order valence-electron chi connectivity index (χ2n) is 7.92. The second-order valence-corrected chi connectivity index (χ2v) is 10.2. The van der Waals surface area contributed by atoms with Gasteiger partial charge in [0.2, 0.25) is 10.0 Å². The van der Waals surface area contributed by atoms with Crippen LogP contribution in [0.15, 0.2) is 69.0 Å². The third-order valence-electron chi connectivity index (χ3n) is 5.62. The predicted octanol–water partition coefficient (Wildman–Crippen LogP) is 4.12. The molecule has 1 aromatic heterocycles. The topological polar surface area (TPSA) is 135 Å². The Hall–Kier alpha value is -3.54. The van der Waals surface area contributed by atoms with E-state index in [1.165, 1.54) is 42.6 Å². The molecule has 1 aliphatic rings. The highest BCUT2D eigenvalue weighted by molar-refractivity contribution is 7.89. The van der Waals surface area contributed by atoms with Crippen LogP contribution in [0.25, 0.3) is 11.3 Å². The Morgan fingerprint density at radius 2 is 1.97 bits per heavy atom. The lowest BCUT2D eigenvalue weighted by Gasteiger charge is -2.22. The lowest BCUT2D eigenvalue weighted by molar-refractivity contribution is -0.384. The van der Waals surface area contributed by atoms with E-state index in [1.54, 1.807) is 25.1 Å². The number of sulfonamides is 1. The zero-order valence-corrected chi connectivity index (χ0v) is 20.1. The number of carbonyl (C=O) groups is 1. The van der Waals surface area contributed by atoms with Crippen molar-refractivity contribution in [2.24, 2.45) is 5.10 Å². The summed E-state index contributed by atoms with van der Waals surface area (Å²) in [4.78, 5) is 23.3. The summed E-state index contributed by atoms with van der Waals surface area (Å²) in [5, 5.41) is 15.4. The minimum Gasteiger partial charge on any atom is -0.455 e. The van der Waals surface area contributed by atoms with Crippen molar-refractivity contribution in [3.05, 3.63) is 81.1 Å². The van der Waals surface area contributed by atoms with Crippen LogP contribution in [-0.4, -0.2) is 42.4 Å². The molecular formula is C23H21ClN4O6S. The number of hydrazone groups is 1. The number of hydrogen-bond donors (Lipinski definition) is 1. The number of benzene rings is 2. The van der Waals surface area contributed by atoms with E-state index in [2.05, 4.69) is 10.5 Å². The first-order valence-electron chi connectivity index (χ1n) is 10.6. The zero-order valence-electron chi connectivity index (χ0n) is 18.5. The summed E-state index contributed by atoms with van der Waals surface area (Å²) >= 11 is 5.85. The molecule has 0 saturated carbocycles. The molecule has 182 valence electrons. The first-order chi connectivity index (χ1) is 16.7. The summed E-state index contributed by atoms with van der Waals surface area (Å²) in [6, 6.07) is 12.6. The van der Waals surface area contributed by atoms with Crippen LogP contribution in [0.3, 0.4) is 0 Å². The molecule has 35 heavy (non-hydrogen) atoms. The molecule has 1 N–H and O–H groups in total. The summed E-state index contributed by atoms with van der Waals surface area (Å²) < 4.78 is 32.8. The molecule has 12 heteroatoms. The third-order valence-corrected chi connectivity index (χ3v) is 7.79. The highest BCUT2D eigenvalue weighted by Crippen LogP contribution is 2.29. The van der Waals surface area contributed by atoms with E-state index in [1.807, 2.05) is 0 Å². The van der Waals surface area contributed by atoms with Gasteiger partial charge in [0.1, 0.15) is 17.6 Å². The molecule has 1 aliphatic heterocycles.